The lowest BCUT2D eigenvalue weighted by Gasteiger charge is -2.37. The molecule has 7 heteroatoms. The third-order valence-electron chi connectivity index (χ3n) is 4.98. The molecule has 1 unspecified atom stereocenters. The summed E-state index contributed by atoms with van der Waals surface area (Å²) < 4.78 is 18.7. The zero-order chi connectivity index (χ0) is 18.9. The summed E-state index contributed by atoms with van der Waals surface area (Å²) in [5.41, 5.74) is 2.14. The van der Waals surface area contributed by atoms with Gasteiger partial charge in [-0.2, -0.15) is 0 Å². The van der Waals surface area contributed by atoms with Gasteiger partial charge in [0.25, 0.3) is 0 Å². The largest absolute Gasteiger partial charge is 0.379 e. The third kappa shape index (κ3) is 7.91. The molecule has 154 valence electrons. The van der Waals surface area contributed by atoms with Gasteiger partial charge in [-0.15, -0.1) is 24.0 Å². The van der Waals surface area contributed by atoms with E-state index in [0.717, 1.165) is 62.9 Å². The van der Waals surface area contributed by atoms with Crippen molar-refractivity contribution in [2.75, 3.05) is 46.4 Å². The molecule has 2 N–H and O–H groups in total. The quantitative estimate of drug-likeness (QED) is 0.349. The van der Waals surface area contributed by atoms with Crippen LogP contribution in [0.15, 0.2) is 23.2 Å². The maximum atomic E-state index is 13.2. The van der Waals surface area contributed by atoms with Crippen LogP contribution in [0.2, 0.25) is 0 Å². The Balaban J connectivity index is 0.00000364. The smallest absolute Gasteiger partial charge is 0.191 e. The summed E-state index contributed by atoms with van der Waals surface area (Å²) in [6, 6.07) is 5.41. The van der Waals surface area contributed by atoms with Gasteiger partial charge in [-0.05, 0) is 42.5 Å². The Kier molecular flexibility index (Phi) is 11.2. The van der Waals surface area contributed by atoms with Crippen molar-refractivity contribution in [3.63, 3.8) is 0 Å². The zero-order valence-corrected chi connectivity index (χ0v) is 19.3. The first-order valence-electron chi connectivity index (χ1n) is 9.52. The molecule has 1 heterocycles. The van der Waals surface area contributed by atoms with Crippen LogP contribution in [0.4, 0.5) is 4.39 Å². The van der Waals surface area contributed by atoms with Crippen LogP contribution in [0, 0.1) is 18.7 Å². The van der Waals surface area contributed by atoms with Gasteiger partial charge in [-0.3, -0.25) is 9.89 Å². The first-order valence-corrected chi connectivity index (χ1v) is 9.52. The fourth-order valence-corrected chi connectivity index (χ4v) is 3.37. The Hall–Kier alpha value is -0.930. The molecule has 1 aromatic carbocycles. The van der Waals surface area contributed by atoms with Crippen LogP contribution < -0.4 is 10.6 Å². The number of nitrogens with zero attached hydrogens (tertiary/aromatic N) is 2. The molecule has 0 saturated carbocycles. The van der Waals surface area contributed by atoms with Gasteiger partial charge >= 0.3 is 0 Å². The van der Waals surface area contributed by atoms with Crippen molar-refractivity contribution in [2.45, 2.75) is 33.2 Å². The van der Waals surface area contributed by atoms with E-state index < -0.39 is 0 Å². The molecule has 2 rings (SSSR count). The summed E-state index contributed by atoms with van der Waals surface area (Å²) in [4.78, 5) is 6.82. The molecule has 1 saturated heterocycles. The number of halogens is 2. The number of hydrogen-bond donors (Lipinski definition) is 2. The van der Waals surface area contributed by atoms with E-state index in [1.165, 1.54) is 6.07 Å². The number of benzene rings is 1. The van der Waals surface area contributed by atoms with Gasteiger partial charge in [0.2, 0.25) is 0 Å². The normalized spacial score (nSPS) is 16.7. The minimum atomic E-state index is -0.181. The average Bonchev–Trinajstić information content (AvgIpc) is 2.62. The van der Waals surface area contributed by atoms with Gasteiger partial charge in [0.05, 0.1) is 13.2 Å². The van der Waals surface area contributed by atoms with Crippen LogP contribution in [-0.2, 0) is 11.2 Å². The van der Waals surface area contributed by atoms with E-state index in [1.54, 1.807) is 13.1 Å². The lowest BCUT2D eigenvalue weighted by Crippen LogP contribution is -2.52. The minimum Gasteiger partial charge on any atom is -0.379 e. The third-order valence-corrected chi connectivity index (χ3v) is 4.98. The molecule has 1 atom stereocenters. The molecule has 0 amide bonds. The van der Waals surface area contributed by atoms with Gasteiger partial charge in [-0.1, -0.05) is 19.9 Å². The molecule has 0 aromatic heterocycles. The summed E-state index contributed by atoms with van der Waals surface area (Å²) in [5, 5.41) is 6.81. The van der Waals surface area contributed by atoms with Gasteiger partial charge in [-0.25, -0.2) is 4.39 Å². The fraction of sp³-hybridized carbons (Fsp3) is 0.650. The van der Waals surface area contributed by atoms with E-state index in [-0.39, 0.29) is 29.8 Å². The van der Waals surface area contributed by atoms with Gasteiger partial charge < -0.3 is 15.4 Å². The second kappa shape index (κ2) is 12.5. The van der Waals surface area contributed by atoms with Crippen LogP contribution in [0.25, 0.3) is 0 Å². The lowest BCUT2D eigenvalue weighted by atomic mass is 10.0. The van der Waals surface area contributed by atoms with E-state index >= 15 is 0 Å². The zero-order valence-electron chi connectivity index (χ0n) is 16.9. The second-order valence-corrected chi connectivity index (χ2v) is 7.16. The molecule has 0 radical (unpaired) electrons. The second-order valence-electron chi connectivity index (χ2n) is 7.16. The van der Waals surface area contributed by atoms with Crippen LogP contribution in [-0.4, -0.2) is 63.3 Å². The highest BCUT2D eigenvalue weighted by molar-refractivity contribution is 14.0. The molecule has 5 nitrogen and oxygen atoms in total. The minimum absolute atomic E-state index is 0. The topological polar surface area (TPSA) is 48.9 Å². The highest BCUT2D eigenvalue weighted by Crippen LogP contribution is 2.12. The average molecular weight is 492 g/mol. The number of aliphatic imine (C=N–C) groups is 1. The first-order chi connectivity index (χ1) is 12.5. The summed E-state index contributed by atoms with van der Waals surface area (Å²) in [5.74, 6) is 1.18. The maximum Gasteiger partial charge on any atom is 0.191 e. The van der Waals surface area contributed by atoms with Crippen LogP contribution in [0.5, 0.6) is 0 Å². The van der Waals surface area contributed by atoms with Crippen LogP contribution >= 0.6 is 24.0 Å². The van der Waals surface area contributed by atoms with Crippen molar-refractivity contribution in [1.82, 2.24) is 15.5 Å². The van der Waals surface area contributed by atoms with Crippen LogP contribution in [0.1, 0.15) is 25.0 Å². The molecule has 1 aliphatic heterocycles. The summed E-state index contributed by atoms with van der Waals surface area (Å²) in [6.07, 6.45) is 0.837. The molecular formula is C20H34FIN4O. The van der Waals surface area contributed by atoms with Gasteiger partial charge in [0.1, 0.15) is 5.82 Å². The van der Waals surface area contributed by atoms with Crippen molar-refractivity contribution in [3.8, 4) is 0 Å². The lowest BCUT2D eigenvalue weighted by molar-refractivity contribution is 0.00752. The number of hydrogen-bond acceptors (Lipinski definition) is 3. The van der Waals surface area contributed by atoms with Gasteiger partial charge in [0, 0.05) is 39.3 Å². The monoisotopic (exact) mass is 492 g/mol. The Morgan fingerprint density at radius 1 is 1.26 bits per heavy atom. The van der Waals surface area contributed by atoms with Crippen molar-refractivity contribution in [2.24, 2.45) is 10.9 Å². The number of aryl methyl sites for hydroxylation is 1. The number of nitrogens with one attached hydrogen (secondary N) is 2. The SMILES string of the molecule is CN=C(NCCc1ccc(F)cc1C)NCC(C(C)C)N1CCOCC1.I. The van der Waals surface area contributed by atoms with Gasteiger partial charge in [0.15, 0.2) is 5.96 Å². The van der Waals surface area contributed by atoms with E-state index in [9.17, 15) is 4.39 Å². The highest BCUT2D eigenvalue weighted by Gasteiger charge is 2.23. The Morgan fingerprint density at radius 3 is 2.56 bits per heavy atom. The standard InChI is InChI=1S/C20H33FN4O.HI/c1-15(2)19(25-9-11-26-12-10-25)14-24-20(22-4)23-8-7-17-5-6-18(21)13-16(17)3;/h5-6,13,15,19H,7-12,14H2,1-4H3,(H2,22,23,24);1H. The number of morpholine rings is 1. The molecule has 1 aromatic rings. The van der Waals surface area contributed by atoms with E-state index in [0.29, 0.717) is 12.0 Å². The van der Waals surface area contributed by atoms with Crippen molar-refractivity contribution >= 4 is 29.9 Å². The summed E-state index contributed by atoms with van der Waals surface area (Å²) in [7, 11) is 1.79. The molecule has 1 aliphatic rings. The molecule has 0 aliphatic carbocycles. The summed E-state index contributed by atoms with van der Waals surface area (Å²) >= 11 is 0. The Bertz CT molecular complexity index is 591. The van der Waals surface area contributed by atoms with E-state index in [2.05, 4.69) is 34.4 Å². The summed E-state index contributed by atoms with van der Waals surface area (Å²) in [6.45, 7) is 11.7. The molecule has 27 heavy (non-hydrogen) atoms. The van der Waals surface area contributed by atoms with Crippen LogP contribution in [0.3, 0.4) is 0 Å². The molecule has 0 bridgehead atoms. The Labute approximate surface area is 180 Å². The highest BCUT2D eigenvalue weighted by atomic mass is 127. The fourth-order valence-electron chi connectivity index (χ4n) is 3.37. The number of guanidine groups is 1. The van der Waals surface area contributed by atoms with Crippen molar-refractivity contribution in [3.05, 3.63) is 35.1 Å². The van der Waals surface area contributed by atoms with E-state index in [1.807, 2.05) is 13.0 Å². The van der Waals surface area contributed by atoms with Crippen molar-refractivity contribution in [1.29, 1.82) is 0 Å². The predicted molar refractivity (Wildman–Crippen MR) is 121 cm³/mol. The maximum absolute atomic E-state index is 13.2. The molecule has 0 spiro atoms. The molecular weight excluding hydrogens is 458 g/mol. The number of ether oxygens (including phenoxy) is 1. The number of rotatable bonds is 7. The van der Waals surface area contributed by atoms with Crippen molar-refractivity contribution < 1.29 is 9.13 Å². The predicted octanol–water partition coefficient (Wildman–Crippen LogP) is 2.82. The Morgan fingerprint density at radius 2 is 1.96 bits per heavy atom. The first kappa shape index (κ1) is 24.1. The van der Waals surface area contributed by atoms with E-state index in [4.69, 9.17) is 4.74 Å². The molecule has 1 fully saturated rings.